The predicted molar refractivity (Wildman–Crippen MR) is 97.1 cm³/mol. The topological polar surface area (TPSA) is 146 Å². The maximum atomic E-state index is 11.7. The molecule has 0 amide bonds. The fourth-order valence-corrected chi connectivity index (χ4v) is 3.17. The fourth-order valence-electron chi connectivity index (χ4n) is 2.34. The number of azo groups is 1. The second-order valence-corrected chi connectivity index (χ2v) is 7.19. The number of hydrogen-bond acceptors (Lipinski definition) is 7. The molecule has 0 heterocycles. The molecule has 0 aliphatic heterocycles. The highest BCUT2D eigenvalue weighted by Gasteiger charge is 2.22. The third-order valence-electron chi connectivity index (χ3n) is 3.55. The largest absolute Gasteiger partial charge is 0.506 e. The van der Waals surface area contributed by atoms with E-state index in [9.17, 15) is 23.2 Å². The minimum absolute atomic E-state index is 0.0457. The van der Waals surface area contributed by atoms with E-state index in [1.807, 2.05) is 0 Å². The number of hydrogen-bond donors (Lipinski definition) is 4. The Kier molecular flexibility index (Phi) is 4.45. The van der Waals surface area contributed by atoms with Gasteiger partial charge < -0.3 is 15.9 Å². The Morgan fingerprint density at radius 2 is 1.73 bits per heavy atom. The fraction of sp³-hybridized carbons (Fsp3) is 0. The summed E-state index contributed by atoms with van der Waals surface area (Å²) in [5, 5.41) is 28.4. The lowest BCUT2D eigenvalue weighted by molar-refractivity contribution is 0.471. The summed E-state index contributed by atoms with van der Waals surface area (Å²) in [4.78, 5) is -0.654. The highest BCUT2D eigenvalue weighted by molar-refractivity contribution is 7.86. The Balaban J connectivity index is 2.27. The normalized spacial score (nSPS) is 12.1. The number of rotatable bonds is 3. The number of aromatic hydroxyl groups is 2. The van der Waals surface area contributed by atoms with E-state index >= 15 is 0 Å². The Morgan fingerprint density at radius 3 is 2.42 bits per heavy atom. The summed E-state index contributed by atoms with van der Waals surface area (Å²) in [6.07, 6.45) is 0. The summed E-state index contributed by atoms with van der Waals surface area (Å²) in [5.74, 6) is -0.764. The third kappa shape index (κ3) is 3.40. The van der Waals surface area contributed by atoms with Crippen LogP contribution in [0.5, 0.6) is 11.5 Å². The molecule has 0 radical (unpaired) electrons. The van der Waals surface area contributed by atoms with Crippen molar-refractivity contribution in [3.05, 3.63) is 47.5 Å². The lowest BCUT2D eigenvalue weighted by Crippen LogP contribution is -1.99. The lowest BCUT2D eigenvalue weighted by atomic mass is 10.1. The molecule has 0 saturated heterocycles. The zero-order valence-corrected chi connectivity index (χ0v) is 14.5. The number of nitrogens with zero attached hydrogens (tertiary/aromatic N) is 2. The molecule has 8 nitrogen and oxygen atoms in total. The first-order valence-corrected chi connectivity index (χ1v) is 8.91. The van der Waals surface area contributed by atoms with Crippen molar-refractivity contribution < 1.29 is 23.2 Å². The maximum absolute atomic E-state index is 11.7. The van der Waals surface area contributed by atoms with Gasteiger partial charge in [-0.1, -0.05) is 11.6 Å². The molecule has 0 fully saturated rings. The summed E-state index contributed by atoms with van der Waals surface area (Å²) in [7, 11) is -4.73. The zero-order chi connectivity index (χ0) is 19.1. The number of nitrogen functional groups attached to an aromatic ring is 1. The molecule has 3 aromatic carbocycles. The highest BCUT2D eigenvalue weighted by Crippen LogP contribution is 2.42. The minimum Gasteiger partial charge on any atom is -0.506 e. The monoisotopic (exact) mass is 393 g/mol. The van der Waals surface area contributed by atoms with Gasteiger partial charge in [0.15, 0.2) is 5.75 Å². The van der Waals surface area contributed by atoms with Gasteiger partial charge in [0.05, 0.1) is 0 Å². The van der Waals surface area contributed by atoms with Crippen molar-refractivity contribution in [1.29, 1.82) is 0 Å². The Morgan fingerprint density at radius 1 is 1.00 bits per heavy atom. The Hall–Kier alpha value is -2.88. The van der Waals surface area contributed by atoms with Crippen LogP contribution in [0.15, 0.2) is 57.6 Å². The molecule has 134 valence electrons. The number of halogens is 1. The standard InChI is InChI=1S/C16H12ClN3O5S/c17-9-1-4-13(21)12(7-9)19-20-15-14(26(23,24)25)6-8-5-10(18)2-3-11(8)16(15)22/h1-7,21-22H,18H2,(H,23,24,25). The molecule has 26 heavy (non-hydrogen) atoms. The highest BCUT2D eigenvalue weighted by atomic mass is 35.5. The third-order valence-corrected chi connectivity index (χ3v) is 4.65. The average Bonchev–Trinajstić information content (AvgIpc) is 2.55. The van der Waals surface area contributed by atoms with Crippen LogP contribution in [0, 0.1) is 0 Å². The van der Waals surface area contributed by atoms with Crippen molar-refractivity contribution in [2.75, 3.05) is 5.73 Å². The van der Waals surface area contributed by atoms with Gasteiger partial charge in [0.25, 0.3) is 10.1 Å². The molecular weight excluding hydrogens is 382 g/mol. The van der Waals surface area contributed by atoms with Gasteiger partial charge in [0.2, 0.25) is 0 Å². The van der Waals surface area contributed by atoms with E-state index in [0.29, 0.717) is 11.1 Å². The van der Waals surface area contributed by atoms with Crippen LogP contribution in [0.4, 0.5) is 17.1 Å². The average molecular weight is 394 g/mol. The number of phenols is 2. The molecule has 0 unspecified atom stereocenters. The summed E-state index contributed by atoms with van der Waals surface area (Å²) in [6.45, 7) is 0. The predicted octanol–water partition coefficient (Wildman–Crippen LogP) is 4.15. The van der Waals surface area contributed by atoms with Crippen molar-refractivity contribution in [3.63, 3.8) is 0 Å². The quantitative estimate of drug-likeness (QED) is 0.298. The second-order valence-electron chi connectivity index (χ2n) is 5.36. The van der Waals surface area contributed by atoms with Crippen molar-refractivity contribution in [1.82, 2.24) is 0 Å². The number of phenolic OH excluding ortho intramolecular Hbond substituents is 2. The summed E-state index contributed by atoms with van der Waals surface area (Å²) >= 11 is 5.82. The van der Waals surface area contributed by atoms with Crippen LogP contribution in [0.1, 0.15) is 0 Å². The Labute approximate surface area is 152 Å². The van der Waals surface area contributed by atoms with E-state index in [-0.39, 0.29) is 21.8 Å². The van der Waals surface area contributed by atoms with E-state index in [1.165, 1.54) is 36.4 Å². The van der Waals surface area contributed by atoms with Crippen LogP contribution in [0.2, 0.25) is 5.02 Å². The van der Waals surface area contributed by atoms with Crippen LogP contribution in [-0.4, -0.2) is 23.2 Å². The van der Waals surface area contributed by atoms with E-state index in [0.717, 1.165) is 6.07 Å². The summed E-state index contributed by atoms with van der Waals surface area (Å²) in [5.41, 5.74) is 5.48. The van der Waals surface area contributed by atoms with Crippen LogP contribution >= 0.6 is 11.6 Å². The van der Waals surface area contributed by atoms with Crippen LogP contribution in [-0.2, 0) is 10.1 Å². The maximum Gasteiger partial charge on any atom is 0.296 e. The smallest absolute Gasteiger partial charge is 0.296 e. The van der Waals surface area contributed by atoms with Gasteiger partial charge in [0, 0.05) is 16.1 Å². The van der Waals surface area contributed by atoms with Crippen molar-refractivity contribution in [2.24, 2.45) is 10.2 Å². The first-order valence-electron chi connectivity index (χ1n) is 7.10. The van der Waals surface area contributed by atoms with Crippen LogP contribution in [0.25, 0.3) is 10.8 Å². The minimum atomic E-state index is -4.73. The van der Waals surface area contributed by atoms with E-state index < -0.39 is 26.5 Å². The molecule has 0 spiro atoms. The number of benzene rings is 3. The van der Waals surface area contributed by atoms with Crippen LogP contribution < -0.4 is 5.73 Å². The molecule has 0 bridgehead atoms. The van der Waals surface area contributed by atoms with Crippen molar-refractivity contribution in [3.8, 4) is 11.5 Å². The molecule has 0 aliphatic carbocycles. The van der Waals surface area contributed by atoms with Gasteiger partial charge >= 0.3 is 0 Å². The van der Waals surface area contributed by atoms with Crippen molar-refractivity contribution >= 4 is 49.6 Å². The van der Waals surface area contributed by atoms with Gasteiger partial charge in [-0.2, -0.15) is 8.42 Å². The van der Waals surface area contributed by atoms with Gasteiger partial charge in [-0.05, 0) is 47.9 Å². The lowest BCUT2D eigenvalue weighted by Gasteiger charge is -2.09. The molecule has 3 aromatic rings. The molecule has 0 aromatic heterocycles. The van der Waals surface area contributed by atoms with E-state index in [2.05, 4.69) is 10.2 Å². The molecule has 3 rings (SSSR count). The van der Waals surface area contributed by atoms with Gasteiger partial charge in [-0.3, -0.25) is 4.55 Å². The molecule has 0 aliphatic rings. The first-order chi connectivity index (χ1) is 12.2. The number of anilines is 1. The molecule has 5 N–H and O–H groups in total. The summed E-state index contributed by atoms with van der Waals surface area (Å²) < 4.78 is 32.9. The van der Waals surface area contributed by atoms with Crippen molar-refractivity contribution in [2.45, 2.75) is 4.90 Å². The van der Waals surface area contributed by atoms with Gasteiger partial charge in [0.1, 0.15) is 22.0 Å². The van der Waals surface area contributed by atoms with Gasteiger partial charge in [-0.15, -0.1) is 10.2 Å². The SMILES string of the molecule is Nc1ccc2c(O)c(N=Nc3cc(Cl)ccc3O)c(S(=O)(=O)O)cc2c1. The number of nitrogens with two attached hydrogens (primary N) is 1. The van der Waals surface area contributed by atoms with E-state index in [4.69, 9.17) is 17.3 Å². The summed E-state index contributed by atoms with van der Waals surface area (Å²) in [6, 6.07) is 9.55. The van der Waals surface area contributed by atoms with Crippen LogP contribution in [0.3, 0.4) is 0 Å². The molecule has 10 heteroatoms. The van der Waals surface area contributed by atoms with E-state index in [1.54, 1.807) is 0 Å². The molecular formula is C16H12ClN3O5S. The molecule has 0 saturated carbocycles. The second kappa shape index (κ2) is 6.45. The first kappa shape index (κ1) is 17.9. The molecule has 0 atom stereocenters. The number of fused-ring (bicyclic) bond motifs is 1. The Bertz CT molecular complexity index is 1160. The van der Waals surface area contributed by atoms with Gasteiger partial charge in [-0.25, -0.2) is 0 Å². The zero-order valence-electron chi connectivity index (χ0n) is 13.0.